The molecule has 0 atom stereocenters. The number of aromatic nitrogens is 2. The normalized spacial score (nSPS) is 10.2. The molecule has 0 fully saturated rings. The molecule has 0 unspecified atom stereocenters. The molecule has 2 aromatic heterocycles. The number of hydrogen-bond acceptors (Lipinski definition) is 3. The average Bonchev–Trinajstić information content (AvgIpc) is 2.53. The van der Waals surface area contributed by atoms with Crippen molar-refractivity contribution in [2.45, 2.75) is 26.2 Å². The summed E-state index contributed by atoms with van der Waals surface area (Å²) in [4.78, 5) is 20.0. The number of pyridine rings is 2. The molecular weight excluding hydrogens is 264 g/mol. The lowest BCUT2D eigenvalue weighted by molar-refractivity contribution is 0.254. The van der Waals surface area contributed by atoms with Gasteiger partial charge in [0, 0.05) is 25.0 Å². The van der Waals surface area contributed by atoms with Gasteiger partial charge in [-0.05, 0) is 42.7 Å². The quantitative estimate of drug-likeness (QED) is 0.885. The van der Waals surface area contributed by atoms with Crippen molar-refractivity contribution in [3.8, 4) is 11.1 Å². The summed E-state index contributed by atoms with van der Waals surface area (Å²) in [6, 6.07) is 7.50. The van der Waals surface area contributed by atoms with Gasteiger partial charge in [0.2, 0.25) is 0 Å². The molecule has 0 bridgehead atoms. The second-order valence-corrected chi connectivity index (χ2v) is 4.73. The minimum Gasteiger partial charge on any atom is -0.341 e. The van der Waals surface area contributed by atoms with Crippen molar-refractivity contribution in [1.29, 1.82) is 0 Å². The fraction of sp³-hybridized carbons (Fsp3) is 0.312. The first-order chi connectivity index (χ1) is 10.2. The van der Waals surface area contributed by atoms with E-state index >= 15 is 0 Å². The van der Waals surface area contributed by atoms with Gasteiger partial charge in [0.05, 0.1) is 5.69 Å². The van der Waals surface area contributed by atoms with Gasteiger partial charge in [0.25, 0.3) is 0 Å². The average molecular weight is 284 g/mol. The minimum absolute atomic E-state index is 0.263. The number of unbranched alkanes of at least 4 members (excludes halogenated alkanes) is 1. The molecule has 0 spiro atoms. The van der Waals surface area contributed by atoms with Crippen LogP contribution in [-0.2, 0) is 6.42 Å². The van der Waals surface area contributed by atoms with Gasteiger partial charge < -0.3 is 5.32 Å². The highest BCUT2D eigenvalue weighted by Crippen LogP contribution is 2.25. The van der Waals surface area contributed by atoms with Crippen molar-refractivity contribution >= 4 is 11.8 Å². The van der Waals surface area contributed by atoms with E-state index in [0.717, 1.165) is 36.1 Å². The highest BCUT2D eigenvalue weighted by atomic mass is 16.2. The molecule has 2 amide bonds. The van der Waals surface area contributed by atoms with E-state index in [0.29, 0.717) is 5.82 Å². The first kappa shape index (κ1) is 15.0. The van der Waals surface area contributed by atoms with Crippen molar-refractivity contribution in [1.82, 2.24) is 15.3 Å². The summed E-state index contributed by atoms with van der Waals surface area (Å²) in [6.45, 7) is 2.15. The van der Waals surface area contributed by atoms with E-state index in [-0.39, 0.29) is 6.03 Å². The third-order valence-corrected chi connectivity index (χ3v) is 3.20. The lowest BCUT2D eigenvalue weighted by Crippen LogP contribution is -2.25. The lowest BCUT2D eigenvalue weighted by atomic mass is 10.0. The Bertz CT molecular complexity index is 598. The van der Waals surface area contributed by atoms with Crippen LogP contribution in [0.3, 0.4) is 0 Å². The standard InChI is InChI=1S/C16H20N4O/c1-3-4-5-14-13(12-8-10-18-11-9-12)6-7-15(19-14)20-16(21)17-2/h6-11H,3-5H2,1-2H3,(H2,17,19,20,21). The smallest absolute Gasteiger partial charge is 0.320 e. The lowest BCUT2D eigenvalue weighted by Gasteiger charge is -2.11. The third kappa shape index (κ3) is 4.02. The second-order valence-electron chi connectivity index (χ2n) is 4.73. The Balaban J connectivity index is 2.33. The van der Waals surface area contributed by atoms with Crippen LogP contribution < -0.4 is 10.6 Å². The molecular formula is C16H20N4O. The van der Waals surface area contributed by atoms with Gasteiger partial charge in [0.15, 0.2) is 0 Å². The number of carbonyl (C=O) groups excluding carboxylic acids is 1. The monoisotopic (exact) mass is 284 g/mol. The van der Waals surface area contributed by atoms with Crippen LogP contribution in [0.1, 0.15) is 25.5 Å². The Morgan fingerprint density at radius 3 is 2.62 bits per heavy atom. The number of nitrogens with one attached hydrogen (secondary N) is 2. The van der Waals surface area contributed by atoms with Crippen molar-refractivity contribution in [2.24, 2.45) is 0 Å². The van der Waals surface area contributed by atoms with Crippen molar-refractivity contribution in [2.75, 3.05) is 12.4 Å². The maximum absolute atomic E-state index is 11.4. The summed E-state index contributed by atoms with van der Waals surface area (Å²) in [5, 5.41) is 5.24. The molecule has 0 aliphatic rings. The molecule has 2 aromatic rings. The van der Waals surface area contributed by atoms with Crippen LogP contribution in [-0.4, -0.2) is 23.0 Å². The van der Waals surface area contributed by atoms with E-state index in [9.17, 15) is 4.79 Å². The molecule has 0 aliphatic heterocycles. The Hall–Kier alpha value is -2.43. The van der Waals surface area contributed by atoms with Gasteiger partial charge in [-0.1, -0.05) is 13.3 Å². The van der Waals surface area contributed by atoms with Crippen LogP contribution in [0.2, 0.25) is 0 Å². The fourth-order valence-corrected chi connectivity index (χ4v) is 2.08. The highest BCUT2D eigenvalue weighted by molar-refractivity contribution is 5.88. The van der Waals surface area contributed by atoms with Crippen molar-refractivity contribution in [3.63, 3.8) is 0 Å². The van der Waals surface area contributed by atoms with E-state index in [2.05, 4.69) is 27.5 Å². The molecule has 2 N–H and O–H groups in total. The summed E-state index contributed by atoms with van der Waals surface area (Å²) in [7, 11) is 1.58. The molecule has 2 rings (SSSR count). The Morgan fingerprint density at radius 2 is 1.95 bits per heavy atom. The van der Waals surface area contributed by atoms with Crippen LogP contribution >= 0.6 is 0 Å². The van der Waals surface area contributed by atoms with E-state index in [1.807, 2.05) is 24.3 Å². The van der Waals surface area contributed by atoms with Gasteiger partial charge in [-0.2, -0.15) is 0 Å². The first-order valence-electron chi connectivity index (χ1n) is 7.13. The molecule has 0 saturated carbocycles. The number of urea groups is 1. The van der Waals surface area contributed by atoms with Gasteiger partial charge in [-0.15, -0.1) is 0 Å². The topological polar surface area (TPSA) is 66.9 Å². The zero-order chi connectivity index (χ0) is 15.1. The molecule has 5 nitrogen and oxygen atoms in total. The minimum atomic E-state index is -0.263. The van der Waals surface area contributed by atoms with Crippen LogP contribution in [0.25, 0.3) is 11.1 Å². The molecule has 21 heavy (non-hydrogen) atoms. The largest absolute Gasteiger partial charge is 0.341 e. The summed E-state index contributed by atoms with van der Waals surface area (Å²) < 4.78 is 0. The summed E-state index contributed by atoms with van der Waals surface area (Å²) in [5.41, 5.74) is 3.18. The second kappa shape index (κ2) is 7.38. The molecule has 0 aromatic carbocycles. The summed E-state index contributed by atoms with van der Waals surface area (Å²) in [6.07, 6.45) is 6.60. The van der Waals surface area contributed by atoms with Gasteiger partial charge in [-0.3, -0.25) is 10.3 Å². The number of nitrogens with zero attached hydrogens (tertiary/aromatic N) is 2. The Labute approximate surface area is 124 Å². The number of aryl methyl sites for hydroxylation is 1. The number of anilines is 1. The summed E-state index contributed by atoms with van der Waals surface area (Å²) >= 11 is 0. The van der Waals surface area contributed by atoms with E-state index in [1.165, 1.54) is 0 Å². The molecule has 110 valence electrons. The van der Waals surface area contributed by atoms with Gasteiger partial charge >= 0.3 is 6.03 Å². The van der Waals surface area contributed by atoms with Crippen molar-refractivity contribution < 1.29 is 4.79 Å². The molecule has 0 saturated heterocycles. The predicted octanol–water partition coefficient (Wildman–Crippen LogP) is 3.24. The maximum Gasteiger partial charge on any atom is 0.320 e. The zero-order valence-corrected chi connectivity index (χ0v) is 12.4. The molecule has 0 aliphatic carbocycles. The van der Waals surface area contributed by atoms with Crippen LogP contribution in [0.4, 0.5) is 10.6 Å². The SMILES string of the molecule is CCCCc1nc(NC(=O)NC)ccc1-c1ccncc1. The van der Waals surface area contributed by atoms with E-state index < -0.39 is 0 Å². The third-order valence-electron chi connectivity index (χ3n) is 3.20. The van der Waals surface area contributed by atoms with E-state index in [4.69, 9.17) is 0 Å². The maximum atomic E-state index is 11.4. The molecule has 5 heteroatoms. The zero-order valence-electron chi connectivity index (χ0n) is 12.4. The number of amides is 2. The predicted molar refractivity (Wildman–Crippen MR) is 84.2 cm³/mol. The number of hydrogen-bond donors (Lipinski definition) is 2. The Kier molecular flexibility index (Phi) is 5.26. The van der Waals surface area contributed by atoms with Crippen LogP contribution in [0.5, 0.6) is 0 Å². The van der Waals surface area contributed by atoms with Crippen LogP contribution in [0, 0.1) is 0 Å². The Morgan fingerprint density at radius 1 is 1.19 bits per heavy atom. The van der Waals surface area contributed by atoms with Crippen LogP contribution in [0.15, 0.2) is 36.7 Å². The van der Waals surface area contributed by atoms with Crippen molar-refractivity contribution in [3.05, 3.63) is 42.4 Å². The molecule has 0 radical (unpaired) electrons. The number of rotatable bonds is 5. The van der Waals surface area contributed by atoms with E-state index in [1.54, 1.807) is 19.4 Å². The first-order valence-corrected chi connectivity index (χ1v) is 7.13. The summed E-state index contributed by atoms with van der Waals surface area (Å²) in [5.74, 6) is 0.568. The fourth-order valence-electron chi connectivity index (χ4n) is 2.08. The van der Waals surface area contributed by atoms with Gasteiger partial charge in [-0.25, -0.2) is 9.78 Å². The molecule has 2 heterocycles. The number of carbonyl (C=O) groups is 1. The van der Waals surface area contributed by atoms with Gasteiger partial charge in [0.1, 0.15) is 5.82 Å². The highest BCUT2D eigenvalue weighted by Gasteiger charge is 2.09.